The van der Waals surface area contributed by atoms with Gasteiger partial charge in [0.1, 0.15) is 0 Å². The maximum Gasteiger partial charge on any atom is 0.246 e. The first-order chi connectivity index (χ1) is 10.5. The van der Waals surface area contributed by atoms with Crippen LogP contribution in [0.15, 0.2) is 24.3 Å². The zero-order chi connectivity index (χ0) is 17.5. The summed E-state index contributed by atoms with van der Waals surface area (Å²) in [6, 6.07) is 7.52. The van der Waals surface area contributed by atoms with Gasteiger partial charge in [-0.05, 0) is 43.4 Å². The van der Waals surface area contributed by atoms with E-state index in [9.17, 15) is 13.2 Å². The van der Waals surface area contributed by atoms with Crippen LogP contribution in [0.3, 0.4) is 0 Å². The SMILES string of the molecule is CC(C)(C)c1ccc(NC(=O)C(C)(C)S(=O)(=O)N2CCC2)cc1. The molecule has 0 bridgehead atoms. The van der Waals surface area contributed by atoms with Crippen LogP contribution >= 0.6 is 0 Å². The van der Waals surface area contributed by atoms with Gasteiger partial charge in [0, 0.05) is 18.8 Å². The van der Waals surface area contributed by atoms with Crippen LogP contribution in [0.1, 0.15) is 46.6 Å². The molecule has 0 aliphatic carbocycles. The van der Waals surface area contributed by atoms with E-state index >= 15 is 0 Å². The van der Waals surface area contributed by atoms with Crippen LogP contribution in [0.4, 0.5) is 5.69 Å². The molecule has 2 rings (SSSR count). The molecule has 0 spiro atoms. The quantitative estimate of drug-likeness (QED) is 0.918. The normalized spacial score (nSPS) is 16.7. The Hall–Kier alpha value is -1.40. The largest absolute Gasteiger partial charge is 0.325 e. The second kappa shape index (κ2) is 5.91. The highest BCUT2D eigenvalue weighted by Gasteiger charge is 2.47. The Kier molecular flexibility index (Phi) is 4.61. The summed E-state index contributed by atoms with van der Waals surface area (Å²) in [5.41, 5.74) is 1.79. The third-order valence-corrected chi connectivity index (χ3v) is 6.88. The lowest BCUT2D eigenvalue weighted by molar-refractivity contribution is -0.118. The third kappa shape index (κ3) is 3.43. The van der Waals surface area contributed by atoms with Gasteiger partial charge in [0.2, 0.25) is 15.9 Å². The number of benzene rings is 1. The third-order valence-electron chi connectivity index (χ3n) is 4.36. The lowest BCUT2D eigenvalue weighted by atomic mass is 9.87. The molecule has 1 aromatic carbocycles. The zero-order valence-corrected chi connectivity index (χ0v) is 15.3. The van der Waals surface area contributed by atoms with Gasteiger partial charge in [-0.15, -0.1) is 0 Å². The number of hydrogen-bond acceptors (Lipinski definition) is 3. The molecular formula is C17H26N2O3S. The maximum absolute atomic E-state index is 12.5. The van der Waals surface area contributed by atoms with Crippen LogP contribution in [0.5, 0.6) is 0 Å². The summed E-state index contributed by atoms with van der Waals surface area (Å²) in [7, 11) is -3.63. The lowest BCUT2D eigenvalue weighted by Crippen LogP contribution is -2.55. The summed E-state index contributed by atoms with van der Waals surface area (Å²) in [4.78, 5) is 12.5. The van der Waals surface area contributed by atoms with Gasteiger partial charge in [0.05, 0.1) is 0 Å². The van der Waals surface area contributed by atoms with Crippen molar-refractivity contribution in [3.8, 4) is 0 Å². The summed E-state index contributed by atoms with van der Waals surface area (Å²) in [5.74, 6) is -0.507. The van der Waals surface area contributed by atoms with E-state index in [0.29, 0.717) is 18.8 Å². The number of anilines is 1. The standard InChI is InChI=1S/C17H26N2O3S/c1-16(2,3)13-7-9-14(10-8-13)18-15(20)17(4,5)23(21,22)19-11-6-12-19/h7-10H,6,11-12H2,1-5H3,(H,18,20). The average molecular weight is 338 g/mol. The van der Waals surface area contributed by atoms with Gasteiger partial charge < -0.3 is 5.32 Å². The number of carbonyl (C=O) groups excluding carboxylic acids is 1. The first kappa shape index (κ1) is 17.9. The second-order valence-corrected chi connectivity index (χ2v) is 10.0. The Morgan fingerprint density at radius 1 is 1.04 bits per heavy atom. The Balaban J connectivity index is 2.14. The predicted molar refractivity (Wildman–Crippen MR) is 93.0 cm³/mol. The highest BCUT2D eigenvalue weighted by atomic mass is 32.2. The molecule has 1 aliphatic rings. The minimum atomic E-state index is -3.63. The second-order valence-electron chi connectivity index (χ2n) is 7.55. The van der Waals surface area contributed by atoms with E-state index in [2.05, 4.69) is 26.1 Å². The molecule has 0 aromatic heterocycles. The molecule has 5 nitrogen and oxygen atoms in total. The summed E-state index contributed by atoms with van der Waals surface area (Å²) in [5, 5.41) is 2.73. The van der Waals surface area contributed by atoms with Crippen molar-refractivity contribution in [2.45, 2.75) is 51.2 Å². The fraction of sp³-hybridized carbons (Fsp3) is 0.588. The fourth-order valence-corrected chi connectivity index (χ4v) is 3.97. The molecule has 23 heavy (non-hydrogen) atoms. The number of nitrogens with zero attached hydrogens (tertiary/aromatic N) is 1. The minimum Gasteiger partial charge on any atom is -0.325 e. The molecule has 128 valence electrons. The predicted octanol–water partition coefficient (Wildman–Crippen LogP) is 2.74. The Labute approximate surface area is 139 Å². The molecule has 1 saturated heterocycles. The van der Waals surface area contributed by atoms with Crippen molar-refractivity contribution in [2.24, 2.45) is 0 Å². The minimum absolute atomic E-state index is 0.0304. The molecule has 1 aliphatic heterocycles. The highest BCUT2D eigenvalue weighted by Crippen LogP contribution is 2.28. The van der Waals surface area contributed by atoms with E-state index in [4.69, 9.17) is 0 Å². The van der Waals surface area contributed by atoms with Crippen molar-refractivity contribution in [3.63, 3.8) is 0 Å². The van der Waals surface area contributed by atoms with E-state index in [-0.39, 0.29) is 5.41 Å². The van der Waals surface area contributed by atoms with E-state index in [1.54, 1.807) is 0 Å². The van der Waals surface area contributed by atoms with Crippen molar-refractivity contribution in [2.75, 3.05) is 18.4 Å². The maximum atomic E-state index is 12.5. The van der Waals surface area contributed by atoms with Crippen molar-refractivity contribution < 1.29 is 13.2 Å². The van der Waals surface area contributed by atoms with E-state index in [1.165, 1.54) is 18.2 Å². The Morgan fingerprint density at radius 2 is 1.57 bits per heavy atom. The van der Waals surface area contributed by atoms with E-state index in [1.807, 2.05) is 24.3 Å². The van der Waals surface area contributed by atoms with E-state index in [0.717, 1.165) is 12.0 Å². The van der Waals surface area contributed by atoms with E-state index < -0.39 is 20.7 Å². The smallest absolute Gasteiger partial charge is 0.246 e. The molecule has 0 atom stereocenters. The van der Waals surface area contributed by atoms with Crippen LogP contribution in [-0.4, -0.2) is 36.5 Å². The monoisotopic (exact) mass is 338 g/mol. The van der Waals surface area contributed by atoms with Crippen molar-refractivity contribution in [3.05, 3.63) is 29.8 Å². The molecule has 1 heterocycles. The first-order valence-corrected chi connectivity index (χ1v) is 9.32. The summed E-state index contributed by atoms with van der Waals surface area (Å²) in [6.07, 6.45) is 0.852. The van der Waals surface area contributed by atoms with Gasteiger partial charge in [0.25, 0.3) is 0 Å². The van der Waals surface area contributed by atoms with Crippen LogP contribution in [0.2, 0.25) is 0 Å². The number of rotatable bonds is 4. The van der Waals surface area contributed by atoms with Gasteiger partial charge in [-0.3, -0.25) is 4.79 Å². The molecule has 6 heteroatoms. The number of hydrogen-bond donors (Lipinski definition) is 1. The molecule has 1 fully saturated rings. The van der Waals surface area contributed by atoms with Gasteiger partial charge in [-0.1, -0.05) is 32.9 Å². The number of nitrogens with one attached hydrogen (secondary N) is 1. The Morgan fingerprint density at radius 3 is 1.96 bits per heavy atom. The molecule has 0 radical (unpaired) electrons. The zero-order valence-electron chi connectivity index (χ0n) is 14.5. The fourth-order valence-electron chi connectivity index (χ4n) is 2.30. The summed E-state index contributed by atoms with van der Waals surface area (Å²) < 4.78 is 24.9. The van der Waals surface area contributed by atoms with Crippen molar-refractivity contribution in [1.82, 2.24) is 4.31 Å². The number of carbonyl (C=O) groups is 1. The van der Waals surface area contributed by atoms with Crippen LogP contribution in [0.25, 0.3) is 0 Å². The summed E-state index contributed by atoms with van der Waals surface area (Å²) in [6.45, 7) is 10.3. The van der Waals surface area contributed by atoms with Gasteiger partial charge >= 0.3 is 0 Å². The Bertz CT molecular complexity index is 682. The first-order valence-electron chi connectivity index (χ1n) is 7.88. The molecular weight excluding hydrogens is 312 g/mol. The summed E-state index contributed by atoms with van der Waals surface area (Å²) >= 11 is 0. The molecule has 0 saturated carbocycles. The topological polar surface area (TPSA) is 66.5 Å². The molecule has 1 N–H and O–H groups in total. The van der Waals surface area contributed by atoms with Crippen LogP contribution in [-0.2, 0) is 20.2 Å². The van der Waals surface area contributed by atoms with Crippen LogP contribution < -0.4 is 5.32 Å². The molecule has 0 unspecified atom stereocenters. The highest BCUT2D eigenvalue weighted by molar-refractivity contribution is 7.91. The average Bonchev–Trinajstić information content (AvgIpc) is 2.35. The number of amides is 1. The van der Waals surface area contributed by atoms with Crippen molar-refractivity contribution >= 4 is 21.6 Å². The number of sulfonamides is 1. The van der Waals surface area contributed by atoms with Gasteiger partial charge in [-0.25, -0.2) is 12.7 Å². The van der Waals surface area contributed by atoms with Gasteiger partial charge in [0.15, 0.2) is 4.75 Å². The van der Waals surface area contributed by atoms with Crippen LogP contribution in [0, 0.1) is 0 Å². The lowest BCUT2D eigenvalue weighted by Gasteiger charge is -2.36. The molecule has 1 aromatic rings. The molecule has 1 amide bonds. The van der Waals surface area contributed by atoms with Gasteiger partial charge in [-0.2, -0.15) is 0 Å². The van der Waals surface area contributed by atoms with Crippen molar-refractivity contribution in [1.29, 1.82) is 0 Å².